The van der Waals surface area contributed by atoms with Gasteiger partial charge in [0, 0.05) is 13.1 Å². The number of piperidine rings is 1. The van der Waals surface area contributed by atoms with Gasteiger partial charge in [0.25, 0.3) is 0 Å². The Kier molecular flexibility index (Phi) is 5.99. The summed E-state index contributed by atoms with van der Waals surface area (Å²) in [5, 5.41) is 0. The van der Waals surface area contributed by atoms with Crippen molar-refractivity contribution in [2.24, 2.45) is 0 Å². The summed E-state index contributed by atoms with van der Waals surface area (Å²) < 4.78 is 33.1. The minimum Gasteiger partial charge on any atom is -0.490 e. The van der Waals surface area contributed by atoms with Gasteiger partial charge < -0.3 is 4.74 Å². The van der Waals surface area contributed by atoms with Crippen LogP contribution in [0.2, 0.25) is 0 Å². The third kappa shape index (κ3) is 4.86. The third-order valence-corrected chi connectivity index (χ3v) is 6.69. The molecule has 1 fully saturated rings. The third-order valence-electron chi connectivity index (χ3n) is 4.84. The molecule has 0 atom stereocenters. The van der Waals surface area contributed by atoms with E-state index in [1.165, 1.54) is 5.56 Å². The second-order valence-corrected chi connectivity index (χ2v) is 8.93. The maximum atomic E-state index is 12.7. The molecule has 5 heteroatoms. The summed E-state index contributed by atoms with van der Waals surface area (Å²) in [4.78, 5) is 0. The minimum absolute atomic E-state index is 0.0682. The van der Waals surface area contributed by atoms with E-state index in [2.05, 4.69) is 19.1 Å². The second kappa shape index (κ2) is 8.23. The molecule has 0 amide bonds. The quantitative estimate of drug-likeness (QED) is 0.771. The first kappa shape index (κ1) is 18.9. The van der Waals surface area contributed by atoms with E-state index >= 15 is 0 Å². The van der Waals surface area contributed by atoms with Crippen LogP contribution >= 0.6 is 0 Å². The minimum atomic E-state index is -3.28. The summed E-state index contributed by atoms with van der Waals surface area (Å²) in [5.41, 5.74) is 3.18. The van der Waals surface area contributed by atoms with E-state index in [-0.39, 0.29) is 11.9 Å². The van der Waals surface area contributed by atoms with Crippen molar-refractivity contribution in [3.05, 3.63) is 65.2 Å². The van der Waals surface area contributed by atoms with Crippen LogP contribution in [0.3, 0.4) is 0 Å². The Labute approximate surface area is 156 Å². The highest BCUT2D eigenvalue weighted by atomic mass is 32.2. The van der Waals surface area contributed by atoms with E-state index < -0.39 is 10.0 Å². The summed E-state index contributed by atoms with van der Waals surface area (Å²) in [6.07, 6.45) is 2.51. The van der Waals surface area contributed by atoms with E-state index in [0.29, 0.717) is 13.1 Å². The van der Waals surface area contributed by atoms with Crippen LogP contribution in [0.15, 0.2) is 48.5 Å². The molecule has 1 saturated heterocycles. The molecule has 26 heavy (non-hydrogen) atoms. The predicted octanol–water partition coefficient (Wildman–Crippen LogP) is 3.93. The van der Waals surface area contributed by atoms with E-state index in [4.69, 9.17) is 4.74 Å². The average molecular weight is 374 g/mol. The Morgan fingerprint density at radius 2 is 1.73 bits per heavy atom. The smallest absolute Gasteiger partial charge is 0.218 e. The first-order valence-corrected chi connectivity index (χ1v) is 10.9. The second-order valence-electron chi connectivity index (χ2n) is 6.96. The summed E-state index contributed by atoms with van der Waals surface area (Å²) in [6, 6.07) is 15.8. The van der Waals surface area contributed by atoms with Gasteiger partial charge >= 0.3 is 0 Å². The molecule has 2 aromatic rings. The topological polar surface area (TPSA) is 46.6 Å². The number of ether oxygens (including phenoxy) is 1. The summed E-state index contributed by atoms with van der Waals surface area (Å²) in [5.74, 6) is 0.948. The molecule has 0 unspecified atom stereocenters. The van der Waals surface area contributed by atoms with Gasteiger partial charge in [-0.1, -0.05) is 48.9 Å². The number of hydrogen-bond donors (Lipinski definition) is 0. The molecule has 0 bridgehead atoms. The Bertz CT molecular complexity index is 840. The number of aryl methyl sites for hydroxylation is 2. The van der Waals surface area contributed by atoms with Crippen LogP contribution in [0.25, 0.3) is 0 Å². The molecular formula is C21H27NO3S. The molecule has 0 saturated carbocycles. The number of rotatable bonds is 6. The SMILES string of the molecule is CCc1cccc(OC2CCN(S(=O)(=O)Cc3cccc(C)c3)CC2)c1. The van der Waals surface area contributed by atoms with Crippen molar-refractivity contribution in [3.8, 4) is 5.75 Å². The molecule has 0 N–H and O–H groups in total. The number of nitrogens with zero attached hydrogens (tertiary/aromatic N) is 1. The van der Waals surface area contributed by atoms with Gasteiger partial charge in [-0.15, -0.1) is 0 Å². The molecule has 1 heterocycles. The Hall–Kier alpha value is -1.85. The van der Waals surface area contributed by atoms with Crippen molar-refractivity contribution in [1.82, 2.24) is 4.31 Å². The molecular weight excluding hydrogens is 346 g/mol. The van der Waals surface area contributed by atoms with Crippen LogP contribution in [-0.2, 0) is 22.2 Å². The van der Waals surface area contributed by atoms with Crippen LogP contribution in [-0.4, -0.2) is 31.9 Å². The zero-order valence-corrected chi connectivity index (χ0v) is 16.3. The molecule has 3 rings (SSSR count). The van der Waals surface area contributed by atoms with Crippen LogP contribution < -0.4 is 4.74 Å². The molecule has 140 valence electrons. The van der Waals surface area contributed by atoms with E-state index in [0.717, 1.165) is 36.1 Å². The first-order valence-electron chi connectivity index (χ1n) is 9.25. The predicted molar refractivity (Wildman–Crippen MR) is 105 cm³/mol. The van der Waals surface area contributed by atoms with Crippen molar-refractivity contribution >= 4 is 10.0 Å². The molecule has 0 spiro atoms. The van der Waals surface area contributed by atoms with Gasteiger partial charge in [-0.2, -0.15) is 0 Å². The lowest BCUT2D eigenvalue weighted by Crippen LogP contribution is -2.42. The van der Waals surface area contributed by atoms with Gasteiger partial charge in [-0.25, -0.2) is 12.7 Å². The zero-order chi connectivity index (χ0) is 18.6. The Morgan fingerprint density at radius 1 is 1.04 bits per heavy atom. The van der Waals surface area contributed by atoms with E-state index in [9.17, 15) is 8.42 Å². The Balaban J connectivity index is 1.57. The van der Waals surface area contributed by atoms with Gasteiger partial charge in [0.05, 0.1) is 5.75 Å². The van der Waals surface area contributed by atoms with Crippen LogP contribution in [0.5, 0.6) is 5.75 Å². The Morgan fingerprint density at radius 3 is 2.42 bits per heavy atom. The molecule has 0 aliphatic carbocycles. The van der Waals surface area contributed by atoms with Crippen LogP contribution in [0.4, 0.5) is 0 Å². The molecule has 1 aliphatic heterocycles. The maximum Gasteiger partial charge on any atom is 0.218 e. The van der Waals surface area contributed by atoms with Crippen molar-refractivity contribution in [1.29, 1.82) is 0 Å². The number of sulfonamides is 1. The zero-order valence-electron chi connectivity index (χ0n) is 15.5. The monoisotopic (exact) mass is 373 g/mol. The fourth-order valence-corrected chi connectivity index (χ4v) is 4.91. The highest BCUT2D eigenvalue weighted by molar-refractivity contribution is 7.88. The highest BCUT2D eigenvalue weighted by Crippen LogP contribution is 2.23. The summed E-state index contributed by atoms with van der Waals surface area (Å²) in [7, 11) is -3.28. The lowest BCUT2D eigenvalue weighted by Gasteiger charge is -2.31. The normalized spacial score (nSPS) is 16.5. The number of hydrogen-bond acceptors (Lipinski definition) is 3. The summed E-state index contributed by atoms with van der Waals surface area (Å²) >= 11 is 0. The standard InChI is InChI=1S/C21H27NO3S/c1-3-18-7-5-9-21(15-18)25-20-10-12-22(13-11-20)26(23,24)16-19-8-4-6-17(2)14-19/h4-9,14-15,20H,3,10-13,16H2,1-2H3. The molecule has 1 aliphatic rings. The van der Waals surface area contributed by atoms with Crippen molar-refractivity contribution < 1.29 is 13.2 Å². The molecule has 0 radical (unpaired) electrons. The maximum absolute atomic E-state index is 12.7. The fourth-order valence-electron chi connectivity index (χ4n) is 3.36. The van der Waals surface area contributed by atoms with Gasteiger partial charge in [0.15, 0.2) is 0 Å². The lowest BCUT2D eigenvalue weighted by molar-refractivity contribution is 0.135. The fraction of sp³-hybridized carbons (Fsp3) is 0.429. The van der Waals surface area contributed by atoms with Gasteiger partial charge in [-0.05, 0) is 49.4 Å². The average Bonchev–Trinajstić information content (AvgIpc) is 2.62. The lowest BCUT2D eigenvalue weighted by atomic mass is 10.1. The van der Waals surface area contributed by atoms with Crippen LogP contribution in [0.1, 0.15) is 36.5 Å². The van der Waals surface area contributed by atoms with E-state index in [1.807, 2.05) is 43.3 Å². The van der Waals surface area contributed by atoms with Gasteiger partial charge in [0.2, 0.25) is 10.0 Å². The van der Waals surface area contributed by atoms with Crippen molar-refractivity contribution in [2.45, 2.75) is 45.0 Å². The highest BCUT2D eigenvalue weighted by Gasteiger charge is 2.29. The van der Waals surface area contributed by atoms with Gasteiger partial charge in [0.1, 0.15) is 11.9 Å². The molecule has 2 aromatic carbocycles. The molecule has 4 nitrogen and oxygen atoms in total. The first-order chi connectivity index (χ1) is 12.5. The summed E-state index contributed by atoms with van der Waals surface area (Å²) in [6.45, 7) is 5.14. The van der Waals surface area contributed by atoms with E-state index in [1.54, 1.807) is 4.31 Å². The van der Waals surface area contributed by atoms with Crippen LogP contribution in [0, 0.1) is 6.92 Å². The van der Waals surface area contributed by atoms with Gasteiger partial charge in [-0.3, -0.25) is 0 Å². The largest absolute Gasteiger partial charge is 0.490 e. The molecule has 0 aromatic heterocycles. The van der Waals surface area contributed by atoms with Crippen molar-refractivity contribution in [3.63, 3.8) is 0 Å². The number of benzene rings is 2. The van der Waals surface area contributed by atoms with Crippen molar-refractivity contribution in [2.75, 3.05) is 13.1 Å².